The maximum atomic E-state index is 12.8. The lowest BCUT2D eigenvalue weighted by Gasteiger charge is -2.31. The highest BCUT2D eigenvalue weighted by atomic mass is 35.5. The molecule has 0 unspecified atom stereocenters. The van der Waals surface area contributed by atoms with Crippen LogP contribution in [0.1, 0.15) is 18.4 Å². The van der Waals surface area contributed by atoms with Gasteiger partial charge in [-0.25, -0.2) is 13.4 Å². The van der Waals surface area contributed by atoms with Crippen LogP contribution in [0.25, 0.3) is 10.4 Å². The van der Waals surface area contributed by atoms with Crippen molar-refractivity contribution in [2.45, 2.75) is 24.7 Å². The first-order chi connectivity index (χ1) is 14.4. The maximum Gasteiger partial charge on any atom is 0.243 e. The highest BCUT2D eigenvalue weighted by molar-refractivity contribution is 7.89. The van der Waals surface area contributed by atoms with E-state index in [1.807, 2.05) is 6.20 Å². The van der Waals surface area contributed by atoms with Gasteiger partial charge in [-0.3, -0.25) is 0 Å². The van der Waals surface area contributed by atoms with E-state index in [1.54, 1.807) is 39.9 Å². The van der Waals surface area contributed by atoms with Crippen LogP contribution in [0.5, 0.6) is 0 Å². The van der Waals surface area contributed by atoms with Crippen LogP contribution in [0.4, 0.5) is 5.13 Å². The van der Waals surface area contributed by atoms with Gasteiger partial charge in [0, 0.05) is 30.9 Å². The monoisotopic (exact) mass is 461 g/mol. The molecular formula is C22H24ClN3O2S2. The number of nitrogens with zero attached hydrogens (tertiary/aromatic N) is 2. The first-order valence-corrected chi connectivity index (χ1v) is 12.6. The van der Waals surface area contributed by atoms with Gasteiger partial charge in [-0.2, -0.15) is 4.31 Å². The summed E-state index contributed by atoms with van der Waals surface area (Å²) >= 11 is 7.52. The van der Waals surface area contributed by atoms with Gasteiger partial charge in [0.1, 0.15) is 0 Å². The zero-order chi connectivity index (χ0) is 21.1. The van der Waals surface area contributed by atoms with Gasteiger partial charge in [0.2, 0.25) is 10.0 Å². The van der Waals surface area contributed by atoms with Gasteiger partial charge in [0.05, 0.1) is 9.77 Å². The molecule has 0 saturated carbocycles. The second kappa shape index (κ2) is 9.06. The Morgan fingerprint density at radius 2 is 1.90 bits per heavy atom. The summed E-state index contributed by atoms with van der Waals surface area (Å²) in [5, 5.41) is 4.87. The zero-order valence-corrected chi connectivity index (χ0v) is 19.1. The van der Waals surface area contributed by atoms with E-state index in [0.717, 1.165) is 29.4 Å². The highest BCUT2D eigenvalue weighted by Crippen LogP contribution is 2.30. The predicted octanol–water partition coefficient (Wildman–Crippen LogP) is 5.28. The van der Waals surface area contributed by atoms with Crippen molar-refractivity contribution in [1.82, 2.24) is 9.29 Å². The molecule has 1 N–H and O–H groups in total. The first-order valence-electron chi connectivity index (χ1n) is 9.94. The Morgan fingerprint density at radius 3 is 2.60 bits per heavy atom. The second-order valence-electron chi connectivity index (χ2n) is 7.58. The smallest absolute Gasteiger partial charge is 0.243 e. The number of nitrogens with one attached hydrogen (secondary N) is 1. The third-order valence-electron chi connectivity index (χ3n) is 5.38. The Balaban J connectivity index is 1.31. The number of anilines is 1. The molecule has 0 aliphatic carbocycles. The van der Waals surface area contributed by atoms with Crippen LogP contribution in [0, 0.1) is 12.8 Å². The summed E-state index contributed by atoms with van der Waals surface area (Å²) in [6, 6.07) is 14.8. The number of benzene rings is 2. The summed E-state index contributed by atoms with van der Waals surface area (Å²) in [4.78, 5) is 5.94. The van der Waals surface area contributed by atoms with Crippen molar-refractivity contribution in [3.63, 3.8) is 0 Å². The van der Waals surface area contributed by atoms with Crippen molar-refractivity contribution in [2.24, 2.45) is 5.92 Å². The van der Waals surface area contributed by atoms with Gasteiger partial charge >= 0.3 is 0 Å². The molecule has 0 spiro atoms. The number of sulfonamides is 1. The van der Waals surface area contributed by atoms with E-state index in [4.69, 9.17) is 11.6 Å². The van der Waals surface area contributed by atoms with E-state index in [-0.39, 0.29) is 0 Å². The van der Waals surface area contributed by atoms with Crippen molar-refractivity contribution in [3.8, 4) is 10.4 Å². The minimum atomic E-state index is -3.46. The Hall–Kier alpha value is -1.93. The number of thiazole rings is 1. The molecule has 0 atom stereocenters. The Morgan fingerprint density at radius 1 is 1.17 bits per heavy atom. The fourth-order valence-electron chi connectivity index (χ4n) is 3.63. The standard InChI is InChI=1S/C22H24ClN3O2S2/c1-16-3-2-4-18(13-16)21-15-25-22(29-21)24-14-17-9-11-26(12-10-17)30(27,28)20-7-5-19(23)6-8-20/h2-8,13,15,17H,9-12,14H2,1H3,(H,24,25). The van der Waals surface area contributed by atoms with Crippen molar-refractivity contribution in [1.29, 1.82) is 0 Å². The average Bonchev–Trinajstić information content (AvgIpc) is 3.22. The zero-order valence-electron chi connectivity index (χ0n) is 16.7. The van der Waals surface area contributed by atoms with E-state index >= 15 is 0 Å². The van der Waals surface area contributed by atoms with Crippen molar-refractivity contribution < 1.29 is 8.42 Å². The molecule has 2 aromatic carbocycles. The first kappa shape index (κ1) is 21.3. The van der Waals surface area contributed by atoms with Crippen molar-refractivity contribution in [3.05, 3.63) is 65.3 Å². The molecular weight excluding hydrogens is 438 g/mol. The summed E-state index contributed by atoms with van der Waals surface area (Å²) in [7, 11) is -3.46. The van der Waals surface area contributed by atoms with Crippen LogP contribution in [0.15, 0.2) is 59.6 Å². The lowest BCUT2D eigenvalue weighted by molar-refractivity contribution is 0.282. The fourth-order valence-corrected chi connectivity index (χ4v) is 6.04. The van der Waals surface area contributed by atoms with Gasteiger partial charge in [0.25, 0.3) is 0 Å². The number of rotatable bonds is 6. The predicted molar refractivity (Wildman–Crippen MR) is 124 cm³/mol. The normalized spacial score (nSPS) is 15.9. The molecule has 4 rings (SSSR count). The molecule has 0 amide bonds. The molecule has 0 bridgehead atoms. The molecule has 158 valence electrons. The Bertz CT molecular complexity index is 1110. The topological polar surface area (TPSA) is 62.3 Å². The van der Waals surface area contributed by atoms with E-state index in [1.165, 1.54) is 11.1 Å². The van der Waals surface area contributed by atoms with Crippen LogP contribution < -0.4 is 5.32 Å². The quantitative estimate of drug-likeness (QED) is 0.542. The summed E-state index contributed by atoms with van der Waals surface area (Å²) in [6.45, 7) is 3.95. The van der Waals surface area contributed by atoms with E-state index in [2.05, 4.69) is 41.5 Å². The second-order valence-corrected chi connectivity index (χ2v) is 11.0. The van der Waals surface area contributed by atoms with Crippen LogP contribution in [-0.4, -0.2) is 37.3 Å². The average molecular weight is 462 g/mol. The van der Waals surface area contributed by atoms with Crippen LogP contribution in [-0.2, 0) is 10.0 Å². The summed E-state index contributed by atoms with van der Waals surface area (Å²) in [5.41, 5.74) is 2.41. The molecule has 2 heterocycles. The summed E-state index contributed by atoms with van der Waals surface area (Å²) in [5.74, 6) is 0.424. The van der Waals surface area contributed by atoms with Gasteiger partial charge < -0.3 is 5.32 Å². The molecule has 30 heavy (non-hydrogen) atoms. The third-order valence-corrected chi connectivity index (χ3v) is 8.54. The molecule has 8 heteroatoms. The molecule has 1 saturated heterocycles. The molecule has 1 aliphatic rings. The lowest BCUT2D eigenvalue weighted by atomic mass is 9.98. The largest absolute Gasteiger partial charge is 0.361 e. The number of hydrogen-bond donors (Lipinski definition) is 1. The number of aryl methyl sites for hydroxylation is 1. The molecule has 5 nitrogen and oxygen atoms in total. The number of halogens is 1. The third kappa shape index (κ3) is 4.86. The van der Waals surface area contributed by atoms with Gasteiger partial charge in [-0.1, -0.05) is 52.8 Å². The summed E-state index contributed by atoms with van der Waals surface area (Å²) < 4.78 is 27.2. The molecule has 1 fully saturated rings. The van der Waals surface area contributed by atoms with Crippen molar-refractivity contribution in [2.75, 3.05) is 25.0 Å². The van der Waals surface area contributed by atoms with Crippen LogP contribution >= 0.6 is 22.9 Å². The Labute approximate surface area is 186 Å². The van der Waals surface area contributed by atoms with Gasteiger partial charge in [-0.05, 0) is 55.5 Å². The molecule has 0 radical (unpaired) electrons. The molecule has 1 aromatic heterocycles. The number of hydrogen-bond acceptors (Lipinski definition) is 5. The van der Waals surface area contributed by atoms with Crippen molar-refractivity contribution >= 4 is 38.1 Å². The minimum Gasteiger partial charge on any atom is -0.361 e. The maximum absolute atomic E-state index is 12.8. The van der Waals surface area contributed by atoms with Gasteiger partial charge in [0.15, 0.2) is 5.13 Å². The number of aromatic nitrogens is 1. The fraction of sp³-hybridized carbons (Fsp3) is 0.318. The molecule has 3 aromatic rings. The summed E-state index contributed by atoms with van der Waals surface area (Å²) in [6.07, 6.45) is 3.56. The number of piperidine rings is 1. The lowest BCUT2D eigenvalue weighted by Crippen LogP contribution is -2.39. The SMILES string of the molecule is Cc1cccc(-c2cnc(NCC3CCN(S(=O)(=O)c4ccc(Cl)cc4)CC3)s2)c1. The van der Waals surface area contributed by atoms with E-state index < -0.39 is 10.0 Å². The minimum absolute atomic E-state index is 0.301. The Kier molecular flexibility index (Phi) is 6.43. The molecule has 1 aliphatic heterocycles. The van der Waals surface area contributed by atoms with Gasteiger partial charge in [-0.15, -0.1) is 0 Å². The van der Waals surface area contributed by atoms with Crippen LogP contribution in [0.3, 0.4) is 0 Å². The highest BCUT2D eigenvalue weighted by Gasteiger charge is 2.29. The van der Waals surface area contributed by atoms with E-state index in [9.17, 15) is 8.42 Å². The van der Waals surface area contributed by atoms with Crippen LogP contribution in [0.2, 0.25) is 5.02 Å². The van der Waals surface area contributed by atoms with E-state index in [0.29, 0.717) is 28.9 Å².